The molecule has 3 N–H and O–H groups in total. The number of aromatic nitrogens is 2. The van der Waals surface area contributed by atoms with Crippen LogP contribution in [0, 0.1) is 0 Å². The van der Waals surface area contributed by atoms with Crippen LogP contribution in [0.3, 0.4) is 0 Å². The molecule has 0 fully saturated rings. The third-order valence-corrected chi connectivity index (χ3v) is 1.73. The zero-order chi connectivity index (χ0) is 6.69. The Labute approximate surface area is 57.1 Å². The summed E-state index contributed by atoms with van der Waals surface area (Å²) >= 11 is 1.45. The molecule has 1 aromatic rings. The lowest BCUT2D eigenvalue weighted by Gasteiger charge is -2.02. The highest BCUT2D eigenvalue weighted by Crippen LogP contribution is 2.06. The molecule has 0 amide bonds. The predicted octanol–water partition coefficient (Wildman–Crippen LogP) is -0.285. The molecule has 50 valence electrons. The lowest BCUT2D eigenvalue weighted by molar-refractivity contribution is 0.611. The molecule has 0 radical (unpaired) electrons. The van der Waals surface area contributed by atoms with E-state index >= 15 is 0 Å². The molecule has 9 heavy (non-hydrogen) atoms. The maximum atomic E-state index is 5.54. The number of nitrogens with one attached hydrogen (secondary N) is 1. The minimum Gasteiger partial charge on any atom is -0.310 e. The van der Waals surface area contributed by atoms with Crippen molar-refractivity contribution in [3.05, 3.63) is 10.5 Å². The summed E-state index contributed by atoms with van der Waals surface area (Å²) in [5.41, 5.74) is 7.19. The second-order valence-corrected chi connectivity index (χ2v) is 2.41. The molecule has 0 saturated heterocycles. The minimum absolute atomic E-state index is 0.169. The van der Waals surface area contributed by atoms with Crippen molar-refractivity contribution in [3.8, 4) is 0 Å². The van der Waals surface area contributed by atoms with Crippen molar-refractivity contribution in [2.45, 2.75) is 6.17 Å². The van der Waals surface area contributed by atoms with Crippen molar-refractivity contribution < 1.29 is 0 Å². The molecule has 1 rings (SSSR count). The van der Waals surface area contributed by atoms with Crippen molar-refractivity contribution in [2.24, 2.45) is 5.73 Å². The summed E-state index contributed by atoms with van der Waals surface area (Å²) in [4.78, 5) is 0. The summed E-state index contributed by atoms with van der Waals surface area (Å²) in [5, 5.41) is 11.1. The Balaban J connectivity index is 2.65. The van der Waals surface area contributed by atoms with Crippen LogP contribution in [-0.2, 0) is 0 Å². The van der Waals surface area contributed by atoms with Crippen molar-refractivity contribution in [1.82, 2.24) is 15.5 Å². The van der Waals surface area contributed by atoms with Crippen LogP contribution in [0.25, 0.3) is 0 Å². The summed E-state index contributed by atoms with van der Waals surface area (Å²) < 4.78 is 0. The zero-order valence-electron chi connectivity index (χ0n) is 5.03. The summed E-state index contributed by atoms with van der Waals surface area (Å²) in [6.45, 7) is 0. The first-order valence-electron chi connectivity index (χ1n) is 2.53. The fourth-order valence-electron chi connectivity index (χ4n) is 0.441. The van der Waals surface area contributed by atoms with Crippen LogP contribution in [0.2, 0.25) is 0 Å². The van der Waals surface area contributed by atoms with Gasteiger partial charge >= 0.3 is 0 Å². The average Bonchev–Trinajstić information content (AvgIpc) is 2.37. The second-order valence-electron chi connectivity index (χ2n) is 1.54. The lowest BCUT2D eigenvalue weighted by atomic mass is 10.5. The molecule has 0 aliphatic carbocycles. The second kappa shape index (κ2) is 2.86. The van der Waals surface area contributed by atoms with E-state index in [-0.39, 0.29) is 6.17 Å². The molecule has 0 aromatic carbocycles. The van der Waals surface area contributed by atoms with Crippen molar-refractivity contribution in [2.75, 3.05) is 7.05 Å². The van der Waals surface area contributed by atoms with E-state index in [4.69, 9.17) is 5.73 Å². The molecule has 5 heteroatoms. The van der Waals surface area contributed by atoms with Gasteiger partial charge < -0.3 is 5.73 Å². The highest BCUT2D eigenvalue weighted by Gasteiger charge is 2.03. The Kier molecular flexibility index (Phi) is 2.10. The predicted molar refractivity (Wildman–Crippen MR) is 35.9 cm³/mol. The van der Waals surface area contributed by atoms with Gasteiger partial charge in [0.1, 0.15) is 16.7 Å². The van der Waals surface area contributed by atoms with E-state index in [1.165, 1.54) is 11.3 Å². The molecule has 4 nitrogen and oxygen atoms in total. The average molecular weight is 144 g/mol. The Bertz CT molecular complexity index is 161. The first-order valence-corrected chi connectivity index (χ1v) is 3.41. The number of rotatable bonds is 2. The Morgan fingerprint density at radius 2 is 2.67 bits per heavy atom. The minimum atomic E-state index is -0.169. The first kappa shape index (κ1) is 6.60. The molecule has 1 heterocycles. The lowest BCUT2D eigenvalue weighted by Crippen LogP contribution is -2.24. The maximum absolute atomic E-state index is 5.54. The van der Waals surface area contributed by atoms with E-state index in [1.807, 2.05) is 0 Å². The largest absolute Gasteiger partial charge is 0.310 e. The molecule has 0 spiro atoms. The normalized spacial score (nSPS) is 13.6. The molecule has 1 unspecified atom stereocenters. The van der Waals surface area contributed by atoms with Gasteiger partial charge in [0.05, 0.1) is 0 Å². The van der Waals surface area contributed by atoms with Gasteiger partial charge in [-0.15, -0.1) is 21.5 Å². The third-order valence-electron chi connectivity index (χ3n) is 0.954. The van der Waals surface area contributed by atoms with Crippen LogP contribution in [0.15, 0.2) is 5.51 Å². The van der Waals surface area contributed by atoms with Gasteiger partial charge in [-0.05, 0) is 7.05 Å². The number of hydrogen-bond donors (Lipinski definition) is 2. The van der Waals surface area contributed by atoms with Crippen molar-refractivity contribution in [3.63, 3.8) is 0 Å². The monoisotopic (exact) mass is 144 g/mol. The van der Waals surface area contributed by atoms with Gasteiger partial charge in [0.15, 0.2) is 0 Å². The smallest absolute Gasteiger partial charge is 0.148 e. The summed E-state index contributed by atoms with van der Waals surface area (Å²) in [6, 6.07) is 0. The van der Waals surface area contributed by atoms with Gasteiger partial charge in [-0.1, -0.05) is 0 Å². The fourth-order valence-corrected chi connectivity index (χ4v) is 1.00. The van der Waals surface area contributed by atoms with Gasteiger partial charge in [-0.2, -0.15) is 0 Å². The highest BCUT2D eigenvalue weighted by molar-refractivity contribution is 7.09. The highest BCUT2D eigenvalue weighted by atomic mass is 32.1. The quantitative estimate of drug-likeness (QED) is 0.560. The van der Waals surface area contributed by atoms with E-state index in [1.54, 1.807) is 12.6 Å². The number of nitrogens with two attached hydrogens (primary N) is 1. The Morgan fingerprint density at radius 3 is 3.11 bits per heavy atom. The summed E-state index contributed by atoms with van der Waals surface area (Å²) in [5.74, 6) is 0. The zero-order valence-corrected chi connectivity index (χ0v) is 5.85. The van der Waals surface area contributed by atoms with Gasteiger partial charge in [0.2, 0.25) is 0 Å². The third kappa shape index (κ3) is 1.44. The van der Waals surface area contributed by atoms with Crippen molar-refractivity contribution >= 4 is 11.3 Å². The molecule has 0 saturated carbocycles. The molecule has 1 aromatic heterocycles. The molecule has 0 bridgehead atoms. The van der Waals surface area contributed by atoms with E-state index in [0.29, 0.717) is 0 Å². The van der Waals surface area contributed by atoms with E-state index in [9.17, 15) is 0 Å². The number of nitrogens with zero attached hydrogens (tertiary/aromatic N) is 2. The van der Waals surface area contributed by atoms with Gasteiger partial charge in [-0.25, -0.2) is 0 Å². The molecule has 0 aliphatic heterocycles. The standard InChI is InChI=1S/C4H8N4S/c1-6-3(5)4-8-7-2-9-4/h2-3,6H,5H2,1H3. The van der Waals surface area contributed by atoms with Gasteiger partial charge in [0.25, 0.3) is 0 Å². The van der Waals surface area contributed by atoms with Gasteiger partial charge in [0, 0.05) is 0 Å². The summed E-state index contributed by atoms with van der Waals surface area (Å²) in [6.07, 6.45) is -0.169. The number of hydrogen-bond acceptors (Lipinski definition) is 5. The Hall–Kier alpha value is -0.520. The maximum Gasteiger partial charge on any atom is 0.148 e. The Morgan fingerprint density at radius 1 is 1.89 bits per heavy atom. The summed E-state index contributed by atoms with van der Waals surface area (Å²) in [7, 11) is 1.78. The van der Waals surface area contributed by atoms with E-state index in [2.05, 4.69) is 15.5 Å². The van der Waals surface area contributed by atoms with Crippen LogP contribution in [-0.4, -0.2) is 17.2 Å². The van der Waals surface area contributed by atoms with Crippen LogP contribution < -0.4 is 11.1 Å². The van der Waals surface area contributed by atoms with Crippen LogP contribution in [0.5, 0.6) is 0 Å². The van der Waals surface area contributed by atoms with Crippen LogP contribution in [0.4, 0.5) is 0 Å². The van der Waals surface area contributed by atoms with E-state index < -0.39 is 0 Å². The first-order chi connectivity index (χ1) is 4.34. The SMILES string of the molecule is CNC(N)c1nncs1. The van der Waals surface area contributed by atoms with Crippen LogP contribution >= 0.6 is 11.3 Å². The molecular formula is C4H8N4S. The van der Waals surface area contributed by atoms with E-state index in [0.717, 1.165) is 5.01 Å². The molecule has 0 aliphatic rings. The van der Waals surface area contributed by atoms with Crippen molar-refractivity contribution in [1.29, 1.82) is 0 Å². The topological polar surface area (TPSA) is 63.8 Å². The van der Waals surface area contributed by atoms with Crippen LogP contribution in [0.1, 0.15) is 11.2 Å². The molecule has 1 atom stereocenters. The molecular weight excluding hydrogens is 136 g/mol. The fraction of sp³-hybridized carbons (Fsp3) is 0.500. The van der Waals surface area contributed by atoms with Gasteiger partial charge in [-0.3, -0.25) is 5.32 Å².